The smallest absolute Gasteiger partial charge is 0.336 e. The summed E-state index contributed by atoms with van der Waals surface area (Å²) in [5.74, 6) is 0.329. The summed E-state index contributed by atoms with van der Waals surface area (Å²) in [7, 11) is 0. The van der Waals surface area contributed by atoms with Gasteiger partial charge in [-0.05, 0) is 52.3 Å². The lowest BCUT2D eigenvalue weighted by atomic mass is 9.96. The summed E-state index contributed by atoms with van der Waals surface area (Å²) in [4.78, 5) is 23.7. The van der Waals surface area contributed by atoms with Crippen LogP contribution in [0.2, 0.25) is 0 Å². The van der Waals surface area contributed by atoms with E-state index in [-0.39, 0.29) is 12.1 Å². The van der Waals surface area contributed by atoms with Crippen LogP contribution in [-0.2, 0) is 16.0 Å². The van der Waals surface area contributed by atoms with Crippen molar-refractivity contribution in [1.82, 2.24) is 0 Å². The first-order chi connectivity index (χ1) is 11.7. The molecule has 5 nitrogen and oxygen atoms in total. The zero-order valence-corrected chi connectivity index (χ0v) is 15.1. The molecule has 0 fully saturated rings. The minimum Gasteiger partial charge on any atom is -0.485 e. The average Bonchev–Trinajstić information content (AvgIpc) is 2.95. The van der Waals surface area contributed by atoms with Crippen LogP contribution in [0.25, 0.3) is 11.0 Å². The zero-order valence-electron chi connectivity index (χ0n) is 15.1. The molecule has 0 saturated carbocycles. The van der Waals surface area contributed by atoms with Crippen molar-refractivity contribution in [2.45, 2.75) is 52.7 Å². The van der Waals surface area contributed by atoms with Crippen LogP contribution in [0.3, 0.4) is 0 Å². The molecular weight excluding hydrogens is 320 g/mol. The second-order valence-corrected chi connectivity index (χ2v) is 7.18. The van der Waals surface area contributed by atoms with E-state index in [2.05, 4.69) is 0 Å². The molecule has 1 aromatic heterocycles. The number of rotatable bonds is 3. The number of fused-ring (bicyclic) bond motifs is 2. The minimum absolute atomic E-state index is 0.306. The first-order valence-corrected chi connectivity index (χ1v) is 8.28. The Balaban J connectivity index is 1.85. The topological polar surface area (TPSA) is 65.7 Å². The molecule has 0 unspecified atom stereocenters. The highest BCUT2D eigenvalue weighted by molar-refractivity contribution is 5.88. The maximum absolute atomic E-state index is 12.3. The lowest BCUT2D eigenvalue weighted by molar-refractivity contribution is -0.159. The van der Waals surface area contributed by atoms with E-state index in [9.17, 15) is 9.59 Å². The van der Waals surface area contributed by atoms with E-state index in [0.717, 1.165) is 16.5 Å². The first kappa shape index (κ1) is 17.3. The van der Waals surface area contributed by atoms with Crippen LogP contribution < -0.4 is 10.4 Å². The van der Waals surface area contributed by atoms with Crippen molar-refractivity contribution in [3.63, 3.8) is 0 Å². The molecule has 132 valence electrons. The van der Waals surface area contributed by atoms with Crippen molar-refractivity contribution in [3.05, 3.63) is 51.4 Å². The molecule has 2 aromatic rings. The fraction of sp³-hybridized carbons (Fsp3) is 0.400. The van der Waals surface area contributed by atoms with Gasteiger partial charge in [0.25, 0.3) is 0 Å². The highest BCUT2D eigenvalue weighted by atomic mass is 16.6. The SMILES string of the molecule is CC(C)=C(C)C(=O)OC(C)(C)[C@@H]1Cc2cc3ccc(=O)oc3cc2O1. The molecule has 1 aliphatic rings. The van der Waals surface area contributed by atoms with Gasteiger partial charge >= 0.3 is 11.6 Å². The lowest BCUT2D eigenvalue weighted by Gasteiger charge is -2.31. The van der Waals surface area contributed by atoms with Crippen LogP contribution in [0.1, 0.15) is 40.2 Å². The maximum Gasteiger partial charge on any atom is 0.336 e. The molecule has 1 aromatic carbocycles. The van der Waals surface area contributed by atoms with Crippen molar-refractivity contribution >= 4 is 16.9 Å². The van der Waals surface area contributed by atoms with Crippen LogP contribution in [0.5, 0.6) is 5.75 Å². The van der Waals surface area contributed by atoms with E-state index in [1.165, 1.54) is 6.07 Å². The third-order valence-corrected chi connectivity index (χ3v) is 4.66. The van der Waals surface area contributed by atoms with Crippen LogP contribution in [-0.4, -0.2) is 17.7 Å². The van der Waals surface area contributed by atoms with Crippen molar-refractivity contribution in [2.75, 3.05) is 0 Å². The average molecular weight is 342 g/mol. The summed E-state index contributed by atoms with van der Waals surface area (Å²) in [6.07, 6.45) is 0.318. The predicted octanol–water partition coefficient (Wildman–Crippen LogP) is 3.77. The molecule has 0 spiro atoms. The van der Waals surface area contributed by atoms with E-state index < -0.39 is 11.2 Å². The number of ether oxygens (including phenoxy) is 2. The maximum atomic E-state index is 12.3. The monoisotopic (exact) mass is 342 g/mol. The van der Waals surface area contributed by atoms with Gasteiger partial charge in [-0.15, -0.1) is 0 Å². The number of allylic oxidation sites excluding steroid dienone is 1. The predicted molar refractivity (Wildman–Crippen MR) is 94.8 cm³/mol. The zero-order chi connectivity index (χ0) is 18.4. The summed E-state index contributed by atoms with van der Waals surface area (Å²) >= 11 is 0. The van der Waals surface area contributed by atoms with Gasteiger partial charge in [0.05, 0.1) is 0 Å². The Morgan fingerprint density at radius 3 is 2.60 bits per heavy atom. The Hall–Kier alpha value is -2.56. The van der Waals surface area contributed by atoms with Gasteiger partial charge in [-0.3, -0.25) is 0 Å². The molecule has 1 atom stereocenters. The van der Waals surface area contributed by atoms with Gasteiger partial charge in [-0.1, -0.05) is 5.57 Å². The van der Waals surface area contributed by atoms with Gasteiger partial charge in [0.1, 0.15) is 23.0 Å². The second-order valence-electron chi connectivity index (χ2n) is 7.18. The summed E-state index contributed by atoms with van der Waals surface area (Å²) in [5.41, 5.74) is 1.85. The molecule has 0 amide bonds. The molecule has 5 heteroatoms. The number of esters is 1. The molecule has 0 radical (unpaired) electrons. The van der Waals surface area contributed by atoms with Gasteiger partial charge < -0.3 is 13.9 Å². The van der Waals surface area contributed by atoms with Crippen LogP contribution in [0.15, 0.2) is 44.6 Å². The number of carbonyl (C=O) groups excluding carboxylic acids is 1. The van der Waals surface area contributed by atoms with E-state index in [4.69, 9.17) is 13.9 Å². The molecular formula is C20H22O5. The largest absolute Gasteiger partial charge is 0.485 e. The van der Waals surface area contributed by atoms with Crippen molar-refractivity contribution < 1.29 is 18.7 Å². The summed E-state index contributed by atoms with van der Waals surface area (Å²) in [6.45, 7) is 9.21. The molecule has 1 aliphatic heterocycles. The summed E-state index contributed by atoms with van der Waals surface area (Å²) in [5, 5.41) is 0.845. The number of carbonyl (C=O) groups is 1. The van der Waals surface area contributed by atoms with Gasteiger partial charge in [0, 0.05) is 29.5 Å². The highest BCUT2D eigenvalue weighted by Gasteiger charge is 2.40. The summed E-state index contributed by atoms with van der Waals surface area (Å²) < 4.78 is 16.9. The Labute approximate surface area is 146 Å². The molecule has 0 saturated heterocycles. The highest BCUT2D eigenvalue weighted by Crippen LogP contribution is 2.37. The van der Waals surface area contributed by atoms with E-state index in [1.54, 1.807) is 19.1 Å². The van der Waals surface area contributed by atoms with Gasteiger partial charge in [0.2, 0.25) is 0 Å². The molecule has 3 rings (SSSR count). The van der Waals surface area contributed by atoms with Gasteiger partial charge in [-0.25, -0.2) is 9.59 Å². The minimum atomic E-state index is -0.792. The Morgan fingerprint density at radius 1 is 1.20 bits per heavy atom. The molecule has 25 heavy (non-hydrogen) atoms. The fourth-order valence-corrected chi connectivity index (χ4v) is 2.78. The van der Waals surface area contributed by atoms with E-state index in [1.807, 2.05) is 33.8 Å². The van der Waals surface area contributed by atoms with Gasteiger partial charge in [0.15, 0.2) is 0 Å². The van der Waals surface area contributed by atoms with Gasteiger partial charge in [-0.2, -0.15) is 0 Å². The van der Waals surface area contributed by atoms with Crippen molar-refractivity contribution in [1.29, 1.82) is 0 Å². The third kappa shape index (κ3) is 3.31. The molecule has 2 heterocycles. The Bertz CT molecular complexity index is 929. The molecule has 0 aliphatic carbocycles. The molecule has 0 bridgehead atoms. The third-order valence-electron chi connectivity index (χ3n) is 4.66. The van der Waals surface area contributed by atoms with Crippen LogP contribution >= 0.6 is 0 Å². The van der Waals surface area contributed by atoms with Crippen molar-refractivity contribution in [2.24, 2.45) is 0 Å². The number of hydrogen-bond acceptors (Lipinski definition) is 5. The standard InChI is InChI=1S/C20H22O5/c1-11(2)12(3)19(22)25-20(4,5)17-9-14-8-13-6-7-18(21)24-15(13)10-16(14)23-17/h6-8,10,17H,9H2,1-5H3/t17-/m0/s1. The first-order valence-electron chi connectivity index (χ1n) is 8.28. The van der Waals surface area contributed by atoms with E-state index >= 15 is 0 Å². The van der Waals surface area contributed by atoms with Crippen LogP contribution in [0.4, 0.5) is 0 Å². The lowest BCUT2D eigenvalue weighted by Crippen LogP contribution is -2.44. The normalized spacial score (nSPS) is 16.3. The van der Waals surface area contributed by atoms with Crippen molar-refractivity contribution in [3.8, 4) is 5.75 Å². The quantitative estimate of drug-likeness (QED) is 0.482. The Kier molecular flexibility index (Phi) is 4.19. The number of benzene rings is 1. The number of hydrogen-bond donors (Lipinski definition) is 0. The summed E-state index contributed by atoms with van der Waals surface area (Å²) in [6, 6.07) is 6.81. The fourth-order valence-electron chi connectivity index (χ4n) is 2.78. The Morgan fingerprint density at radius 2 is 1.92 bits per heavy atom. The molecule has 0 N–H and O–H groups in total. The van der Waals surface area contributed by atoms with Crippen LogP contribution in [0, 0.1) is 0 Å². The van der Waals surface area contributed by atoms with E-state index in [0.29, 0.717) is 23.3 Å². The second kappa shape index (κ2) is 6.06.